The SMILES string of the molecule is O=S1(=O)N=C(N2CCN(c3ccc4nccn4n3)CC2)c2ccccc21. The van der Waals surface area contributed by atoms with E-state index in [0.717, 1.165) is 24.6 Å². The Bertz CT molecular complexity index is 1130. The Balaban J connectivity index is 1.38. The van der Waals surface area contributed by atoms with Gasteiger partial charge in [0.05, 0.1) is 0 Å². The van der Waals surface area contributed by atoms with Gasteiger partial charge < -0.3 is 9.80 Å². The van der Waals surface area contributed by atoms with Gasteiger partial charge in [-0.3, -0.25) is 0 Å². The average molecular weight is 368 g/mol. The summed E-state index contributed by atoms with van der Waals surface area (Å²) < 4.78 is 30.3. The van der Waals surface area contributed by atoms with Gasteiger partial charge in [0.1, 0.15) is 10.7 Å². The van der Waals surface area contributed by atoms with Crippen LogP contribution in [0.25, 0.3) is 5.65 Å². The molecule has 0 bridgehead atoms. The van der Waals surface area contributed by atoms with Gasteiger partial charge in [-0.05, 0) is 24.3 Å². The molecule has 4 heterocycles. The van der Waals surface area contributed by atoms with E-state index in [1.165, 1.54) is 0 Å². The minimum absolute atomic E-state index is 0.296. The van der Waals surface area contributed by atoms with Crippen molar-refractivity contribution in [1.82, 2.24) is 19.5 Å². The number of imidazole rings is 1. The molecule has 26 heavy (non-hydrogen) atoms. The van der Waals surface area contributed by atoms with E-state index in [4.69, 9.17) is 0 Å². The Hall–Kier alpha value is -2.94. The molecule has 1 fully saturated rings. The van der Waals surface area contributed by atoms with Crippen LogP contribution in [0.5, 0.6) is 0 Å². The van der Waals surface area contributed by atoms with Crippen molar-refractivity contribution in [3.63, 3.8) is 0 Å². The van der Waals surface area contributed by atoms with Gasteiger partial charge in [0.25, 0.3) is 10.0 Å². The molecule has 9 heteroatoms. The van der Waals surface area contributed by atoms with E-state index in [1.807, 2.05) is 35.4 Å². The fraction of sp³-hybridized carbons (Fsp3) is 0.235. The quantitative estimate of drug-likeness (QED) is 0.637. The van der Waals surface area contributed by atoms with Gasteiger partial charge in [-0.1, -0.05) is 12.1 Å². The largest absolute Gasteiger partial charge is 0.352 e. The zero-order chi connectivity index (χ0) is 17.7. The van der Waals surface area contributed by atoms with E-state index >= 15 is 0 Å². The first-order valence-electron chi connectivity index (χ1n) is 8.36. The molecule has 1 aromatic carbocycles. The smallest absolute Gasteiger partial charge is 0.285 e. The number of benzene rings is 1. The minimum Gasteiger partial charge on any atom is -0.352 e. The van der Waals surface area contributed by atoms with E-state index < -0.39 is 10.0 Å². The van der Waals surface area contributed by atoms with Gasteiger partial charge in [0.2, 0.25) is 0 Å². The number of nitrogens with zero attached hydrogens (tertiary/aromatic N) is 6. The van der Waals surface area contributed by atoms with Crippen LogP contribution in [-0.2, 0) is 10.0 Å². The summed E-state index contributed by atoms with van der Waals surface area (Å²) in [5, 5.41) is 4.58. The highest BCUT2D eigenvalue weighted by molar-refractivity contribution is 7.90. The number of sulfonamides is 1. The zero-order valence-electron chi connectivity index (χ0n) is 13.9. The molecule has 0 aliphatic carbocycles. The van der Waals surface area contributed by atoms with Crippen molar-refractivity contribution in [2.45, 2.75) is 4.90 Å². The second kappa shape index (κ2) is 5.53. The second-order valence-corrected chi connectivity index (χ2v) is 7.85. The molecule has 3 aromatic rings. The summed E-state index contributed by atoms with van der Waals surface area (Å²) in [6, 6.07) is 10.9. The summed E-state index contributed by atoms with van der Waals surface area (Å²) in [6.07, 6.45) is 3.55. The lowest BCUT2D eigenvalue weighted by Gasteiger charge is -2.36. The predicted octanol–water partition coefficient (Wildman–Crippen LogP) is 1.00. The summed E-state index contributed by atoms with van der Waals surface area (Å²) in [6.45, 7) is 2.86. The molecule has 1 saturated heterocycles. The molecule has 0 saturated carbocycles. The molecule has 2 aliphatic heterocycles. The molecule has 0 spiro atoms. The maximum absolute atomic E-state index is 12.2. The highest BCUT2D eigenvalue weighted by atomic mass is 32.2. The minimum atomic E-state index is -3.58. The van der Waals surface area contributed by atoms with Crippen LogP contribution < -0.4 is 4.90 Å². The Labute approximate surface area is 150 Å². The van der Waals surface area contributed by atoms with Gasteiger partial charge in [-0.2, -0.15) is 8.42 Å². The van der Waals surface area contributed by atoms with Gasteiger partial charge >= 0.3 is 0 Å². The van der Waals surface area contributed by atoms with Crippen LogP contribution in [0.3, 0.4) is 0 Å². The zero-order valence-corrected chi connectivity index (χ0v) is 14.7. The molecular formula is C17H16N6O2S. The molecule has 0 atom stereocenters. The lowest BCUT2D eigenvalue weighted by Crippen LogP contribution is -2.49. The van der Waals surface area contributed by atoms with E-state index in [9.17, 15) is 8.42 Å². The maximum Gasteiger partial charge on any atom is 0.285 e. The van der Waals surface area contributed by atoms with Crippen molar-refractivity contribution in [3.8, 4) is 0 Å². The highest BCUT2D eigenvalue weighted by Crippen LogP contribution is 2.28. The first-order chi connectivity index (χ1) is 12.6. The van der Waals surface area contributed by atoms with Gasteiger partial charge in [0, 0.05) is 44.1 Å². The van der Waals surface area contributed by atoms with Crippen LogP contribution in [0.4, 0.5) is 5.82 Å². The predicted molar refractivity (Wildman–Crippen MR) is 96.9 cm³/mol. The van der Waals surface area contributed by atoms with Crippen LogP contribution in [0.15, 0.2) is 58.1 Å². The first kappa shape index (κ1) is 15.3. The Morgan fingerprint density at radius 1 is 0.923 bits per heavy atom. The molecule has 132 valence electrons. The molecule has 8 nitrogen and oxygen atoms in total. The number of rotatable bonds is 1. The summed E-state index contributed by atoms with van der Waals surface area (Å²) in [5.41, 5.74) is 1.51. The standard InChI is InChI=1S/C17H16N6O2S/c24-26(25)14-4-2-1-3-13(14)17(20-26)22-11-9-21(10-12-22)16-6-5-15-18-7-8-23(15)19-16/h1-8H,9-12H2. The van der Waals surface area contributed by atoms with Crippen molar-refractivity contribution in [2.24, 2.45) is 4.40 Å². The number of hydrogen-bond acceptors (Lipinski definition) is 6. The molecule has 5 rings (SSSR count). The summed E-state index contributed by atoms with van der Waals surface area (Å²) in [4.78, 5) is 8.73. The number of hydrogen-bond donors (Lipinski definition) is 0. The van der Waals surface area contributed by atoms with Crippen LogP contribution in [0.1, 0.15) is 5.56 Å². The fourth-order valence-corrected chi connectivity index (χ4v) is 4.67. The first-order valence-corrected chi connectivity index (χ1v) is 9.80. The van der Waals surface area contributed by atoms with Crippen molar-refractivity contribution >= 4 is 27.3 Å². The van der Waals surface area contributed by atoms with E-state index in [1.54, 1.807) is 22.8 Å². The van der Waals surface area contributed by atoms with Gasteiger partial charge in [0.15, 0.2) is 11.5 Å². The summed E-state index contributed by atoms with van der Waals surface area (Å²) >= 11 is 0. The molecule has 0 radical (unpaired) electrons. The van der Waals surface area contributed by atoms with Crippen LogP contribution in [-0.4, -0.2) is 59.9 Å². The normalized spacial score (nSPS) is 18.8. The van der Waals surface area contributed by atoms with E-state index in [0.29, 0.717) is 29.4 Å². The number of fused-ring (bicyclic) bond motifs is 2. The lowest BCUT2D eigenvalue weighted by molar-refractivity contribution is 0.385. The van der Waals surface area contributed by atoms with Gasteiger partial charge in [-0.15, -0.1) is 9.50 Å². The molecular weight excluding hydrogens is 352 g/mol. The van der Waals surface area contributed by atoms with Crippen molar-refractivity contribution in [2.75, 3.05) is 31.1 Å². The molecule has 2 aliphatic rings. The third-order valence-electron chi connectivity index (χ3n) is 4.76. The molecule has 2 aromatic heterocycles. The van der Waals surface area contributed by atoms with E-state index in [-0.39, 0.29) is 0 Å². The summed E-state index contributed by atoms with van der Waals surface area (Å²) in [5.74, 6) is 1.44. The number of amidine groups is 1. The molecule has 0 N–H and O–H groups in total. The van der Waals surface area contributed by atoms with Crippen LogP contribution in [0, 0.1) is 0 Å². The van der Waals surface area contributed by atoms with Crippen molar-refractivity contribution in [3.05, 3.63) is 54.4 Å². The lowest BCUT2D eigenvalue weighted by atomic mass is 10.1. The Morgan fingerprint density at radius 2 is 1.69 bits per heavy atom. The number of piperazine rings is 1. The van der Waals surface area contributed by atoms with Crippen LogP contribution in [0.2, 0.25) is 0 Å². The van der Waals surface area contributed by atoms with E-state index in [2.05, 4.69) is 19.4 Å². The van der Waals surface area contributed by atoms with Crippen molar-refractivity contribution < 1.29 is 8.42 Å². The average Bonchev–Trinajstić information content (AvgIpc) is 3.24. The molecule has 0 unspecified atom stereocenters. The molecule has 0 amide bonds. The van der Waals surface area contributed by atoms with Gasteiger partial charge in [-0.25, -0.2) is 9.50 Å². The maximum atomic E-state index is 12.2. The van der Waals surface area contributed by atoms with Crippen molar-refractivity contribution in [1.29, 1.82) is 0 Å². The topological polar surface area (TPSA) is 83.2 Å². The van der Waals surface area contributed by atoms with Crippen LogP contribution >= 0.6 is 0 Å². The Kier molecular flexibility index (Phi) is 3.26. The summed E-state index contributed by atoms with van der Waals surface area (Å²) in [7, 11) is -3.58. The second-order valence-electron chi connectivity index (χ2n) is 6.28. The third kappa shape index (κ3) is 2.35. The Morgan fingerprint density at radius 3 is 2.54 bits per heavy atom. The fourth-order valence-electron chi connectivity index (χ4n) is 3.44. The number of anilines is 1. The third-order valence-corrected chi connectivity index (χ3v) is 6.08. The highest BCUT2D eigenvalue weighted by Gasteiger charge is 2.33. The monoisotopic (exact) mass is 368 g/mol. The number of aromatic nitrogens is 3.